The third-order valence-corrected chi connectivity index (χ3v) is 12.7. The molecule has 5 heterocycles. The Morgan fingerprint density at radius 2 is 1.56 bits per heavy atom. The zero-order chi connectivity index (χ0) is 43.5. The molecular weight excluding hydrogens is 791 g/mol. The van der Waals surface area contributed by atoms with Crippen LogP contribution in [0.25, 0.3) is 11.1 Å². The average molecular weight is 862 g/mol. The van der Waals surface area contributed by atoms with Crippen molar-refractivity contribution < 1.29 is 33.1 Å². The van der Waals surface area contributed by atoms with Crippen molar-refractivity contribution in [3.05, 3.63) is 63.6 Å². The Hall–Kier alpha value is -4.89. The predicted octanol–water partition coefficient (Wildman–Crippen LogP) is 6.29. The van der Waals surface area contributed by atoms with Crippen LogP contribution in [0, 0.1) is 12.8 Å². The summed E-state index contributed by atoms with van der Waals surface area (Å²) in [7, 11) is 3.77. The summed E-state index contributed by atoms with van der Waals surface area (Å²) in [5, 5.41) is 3.03. The molecule has 3 fully saturated rings. The summed E-state index contributed by atoms with van der Waals surface area (Å²) < 4.78 is 18.1. The van der Waals surface area contributed by atoms with Crippen molar-refractivity contribution >= 4 is 40.8 Å². The summed E-state index contributed by atoms with van der Waals surface area (Å²) in [5.74, 6) is -0.167. The number of carbonyl (C=O) groups is 4. The summed E-state index contributed by atoms with van der Waals surface area (Å²) >= 11 is 0. The smallest absolute Gasteiger partial charge is 0.419 e. The number of para-hydroxylation sites is 1. The van der Waals surface area contributed by atoms with E-state index in [-0.39, 0.29) is 37.8 Å². The molecule has 62 heavy (non-hydrogen) atoms. The lowest BCUT2D eigenvalue weighted by Crippen LogP contribution is -2.51. The largest absolute Gasteiger partial charge is 0.465 e. The number of nitrogens with zero attached hydrogens (tertiary/aromatic N) is 6. The van der Waals surface area contributed by atoms with Gasteiger partial charge in [0.1, 0.15) is 0 Å². The van der Waals surface area contributed by atoms with Crippen LogP contribution in [0.1, 0.15) is 89.3 Å². The molecule has 0 aliphatic carbocycles. The van der Waals surface area contributed by atoms with Gasteiger partial charge in [-0.1, -0.05) is 64.8 Å². The maximum atomic E-state index is 13.8. The Bertz CT molecular complexity index is 2010. The molecule has 4 aliphatic heterocycles. The average Bonchev–Trinajstić information content (AvgIpc) is 3.43. The van der Waals surface area contributed by atoms with E-state index in [1.165, 1.54) is 17.4 Å². The fourth-order valence-electron chi connectivity index (χ4n) is 8.77. The van der Waals surface area contributed by atoms with E-state index >= 15 is 0 Å². The van der Waals surface area contributed by atoms with Gasteiger partial charge in [0.2, 0.25) is 0 Å². The van der Waals surface area contributed by atoms with E-state index in [0.29, 0.717) is 75.7 Å². The molecule has 0 radical (unpaired) electrons. The molecule has 7 rings (SSSR count). The minimum absolute atomic E-state index is 0. The van der Waals surface area contributed by atoms with Crippen molar-refractivity contribution in [1.29, 1.82) is 0 Å². The van der Waals surface area contributed by atoms with Gasteiger partial charge in [-0.15, -0.1) is 0 Å². The first-order valence-corrected chi connectivity index (χ1v) is 22.5. The Kier molecular flexibility index (Phi) is 17.8. The number of carbonyl (C=O) groups excluding carboxylic acids is 4. The Morgan fingerprint density at radius 1 is 0.871 bits per heavy atom. The summed E-state index contributed by atoms with van der Waals surface area (Å²) in [5.41, 5.74) is 4.72. The van der Waals surface area contributed by atoms with Gasteiger partial charge < -0.3 is 38.8 Å². The van der Waals surface area contributed by atoms with Gasteiger partial charge in [-0.25, -0.2) is 14.4 Å². The minimum Gasteiger partial charge on any atom is -0.465 e. The summed E-state index contributed by atoms with van der Waals surface area (Å²) in [6.45, 7) is 14.1. The van der Waals surface area contributed by atoms with E-state index in [4.69, 9.17) is 13.9 Å². The number of ether oxygens (including phenoxy) is 2. The van der Waals surface area contributed by atoms with Crippen molar-refractivity contribution in [2.45, 2.75) is 105 Å². The second-order valence-corrected chi connectivity index (χ2v) is 17.4. The van der Waals surface area contributed by atoms with Crippen LogP contribution in [-0.2, 0) is 39.0 Å². The molecule has 0 spiro atoms. The number of oxazole rings is 1. The van der Waals surface area contributed by atoms with Gasteiger partial charge >= 0.3 is 23.8 Å². The monoisotopic (exact) mass is 862 g/mol. The van der Waals surface area contributed by atoms with Gasteiger partial charge in [-0.3, -0.25) is 19.1 Å². The zero-order valence-corrected chi connectivity index (χ0v) is 37.0. The number of piperidine rings is 2. The second-order valence-electron chi connectivity index (χ2n) is 17.4. The lowest BCUT2D eigenvalue weighted by molar-refractivity contribution is -0.145. The molecule has 4 aliphatic rings. The molecule has 1 N–H and O–H groups in total. The van der Waals surface area contributed by atoms with Gasteiger partial charge in [-0.05, 0) is 87.2 Å². The number of amides is 4. The highest BCUT2D eigenvalue weighted by atomic mass is 16.6. The Balaban J connectivity index is 0.000000341. The molecule has 3 aromatic rings. The quantitative estimate of drug-likeness (QED) is 0.163. The molecule has 0 unspecified atom stereocenters. The van der Waals surface area contributed by atoms with Crippen molar-refractivity contribution in [2.24, 2.45) is 13.0 Å². The lowest BCUT2D eigenvalue weighted by atomic mass is 9.98. The van der Waals surface area contributed by atoms with Gasteiger partial charge in [0.05, 0.1) is 18.7 Å². The number of likely N-dealkylation sites (N-methyl/N-ethyl adjacent to an activating group) is 1. The molecule has 342 valence electrons. The normalized spacial score (nSPS) is 18.5. The molecule has 1 aromatic heterocycles. The maximum absolute atomic E-state index is 13.8. The van der Waals surface area contributed by atoms with E-state index < -0.39 is 18.0 Å². The van der Waals surface area contributed by atoms with E-state index in [1.807, 2.05) is 42.2 Å². The number of aryl methyl sites for hydroxylation is 2. The Morgan fingerprint density at radius 3 is 2.27 bits per heavy atom. The number of aromatic nitrogens is 1. The van der Waals surface area contributed by atoms with E-state index in [1.54, 1.807) is 22.9 Å². The van der Waals surface area contributed by atoms with Crippen molar-refractivity contribution in [2.75, 3.05) is 84.4 Å². The van der Waals surface area contributed by atoms with Crippen LogP contribution in [0.2, 0.25) is 0 Å². The predicted molar refractivity (Wildman–Crippen MR) is 241 cm³/mol. The van der Waals surface area contributed by atoms with E-state index in [0.717, 1.165) is 80.7 Å². The number of hydrogen-bond acceptors (Lipinski definition) is 10. The summed E-state index contributed by atoms with van der Waals surface area (Å²) in [4.78, 5) is 73.7. The molecule has 4 amide bonds. The Labute approximate surface area is 367 Å². The summed E-state index contributed by atoms with van der Waals surface area (Å²) in [6.07, 6.45) is 7.12. The first-order chi connectivity index (χ1) is 29.4. The van der Waals surface area contributed by atoms with Crippen LogP contribution in [0.5, 0.6) is 0 Å². The SMILES string of the molecule is C.CCCCCCOC(=O)CN1CCN(C)CC1.Cc1cc(C[C@@H](OC(=O)N2CCC(N3CCc4ccccc4NC3=O)CC2)C(=O)N2CCC(C)CC2)cc2oc(=O)n(C)c12. The highest BCUT2D eigenvalue weighted by molar-refractivity contribution is 5.91. The number of urea groups is 1. The number of benzene rings is 2. The molecule has 1 atom stereocenters. The highest BCUT2D eigenvalue weighted by Gasteiger charge is 2.35. The second kappa shape index (κ2) is 23.0. The number of nitrogens with one attached hydrogen (secondary N) is 1. The standard InChI is InChI=1S/C33H41N5O6.C13H26N2O2.CH4/c1-21-8-13-36(14-9-21)30(39)28(20-23-18-22(2)29-27(19-23)43-32(41)35(29)3)44-33(42)37-15-11-25(12-16-37)38-17-10-24-6-4-5-7-26(24)34-31(38)40;1-3-4-5-6-11-17-13(16)12-15-9-7-14(2)8-10-15;/h4-7,18-19,21,25,28H,8-17,20H2,1-3H3,(H,34,40);3-12H2,1-2H3;1H4/t28-;;/m1../s1. The molecular formula is C47H71N7O8. The molecule has 15 nitrogen and oxygen atoms in total. The van der Waals surface area contributed by atoms with Crippen molar-refractivity contribution in [3.63, 3.8) is 0 Å². The number of likely N-dealkylation sites (tertiary alicyclic amines) is 2. The van der Waals surface area contributed by atoms with Crippen LogP contribution < -0.4 is 11.1 Å². The highest BCUT2D eigenvalue weighted by Crippen LogP contribution is 2.27. The molecule has 0 saturated carbocycles. The number of unbranched alkanes of at least 4 members (excludes halogenated alkanes) is 3. The topological polar surface area (TPSA) is 150 Å². The molecule has 0 bridgehead atoms. The number of fused-ring (bicyclic) bond motifs is 2. The lowest BCUT2D eigenvalue weighted by Gasteiger charge is -2.38. The number of rotatable bonds is 12. The fourth-order valence-corrected chi connectivity index (χ4v) is 8.77. The van der Waals surface area contributed by atoms with Crippen LogP contribution >= 0.6 is 0 Å². The molecule has 15 heteroatoms. The van der Waals surface area contributed by atoms with Crippen molar-refractivity contribution in [3.8, 4) is 0 Å². The molecule has 2 aromatic carbocycles. The van der Waals surface area contributed by atoms with Crippen LogP contribution in [0.4, 0.5) is 15.3 Å². The van der Waals surface area contributed by atoms with Gasteiger partial charge in [0.15, 0.2) is 11.7 Å². The first kappa shape index (κ1) is 48.1. The van der Waals surface area contributed by atoms with Crippen LogP contribution in [0.15, 0.2) is 45.6 Å². The fraction of sp³-hybridized carbons (Fsp3) is 0.638. The minimum atomic E-state index is -1.00. The van der Waals surface area contributed by atoms with E-state index in [9.17, 15) is 24.0 Å². The van der Waals surface area contributed by atoms with E-state index in [2.05, 4.69) is 36.0 Å². The van der Waals surface area contributed by atoms with Gasteiger partial charge in [0.25, 0.3) is 5.91 Å². The van der Waals surface area contributed by atoms with Gasteiger partial charge in [0, 0.05) is 84.1 Å². The number of esters is 1. The van der Waals surface area contributed by atoms with Crippen LogP contribution in [0.3, 0.4) is 0 Å². The summed E-state index contributed by atoms with van der Waals surface area (Å²) in [6, 6.07) is 11.4. The van der Waals surface area contributed by atoms with Crippen molar-refractivity contribution in [1.82, 2.24) is 29.1 Å². The zero-order valence-electron chi connectivity index (χ0n) is 37.0. The maximum Gasteiger partial charge on any atom is 0.419 e. The van der Waals surface area contributed by atoms with Crippen LogP contribution in [-0.4, -0.2) is 144 Å². The third-order valence-electron chi connectivity index (χ3n) is 12.7. The number of anilines is 1. The third kappa shape index (κ3) is 12.8. The molecule has 3 saturated heterocycles. The number of piperazine rings is 1. The number of hydrogen-bond donors (Lipinski definition) is 1. The first-order valence-electron chi connectivity index (χ1n) is 22.5. The van der Waals surface area contributed by atoms with Gasteiger partial charge in [-0.2, -0.15) is 0 Å².